The zero-order valence-electron chi connectivity index (χ0n) is 8.53. The van der Waals surface area contributed by atoms with Crippen molar-refractivity contribution in [2.75, 3.05) is 0 Å². The number of pyridine rings is 1. The van der Waals surface area contributed by atoms with Crippen LogP contribution in [-0.2, 0) is 0 Å². The van der Waals surface area contributed by atoms with Gasteiger partial charge in [-0.05, 0) is 32.9 Å². The second-order valence-corrected chi connectivity index (χ2v) is 4.50. The van der Waals surface area contributed by atoms with Gasteiger partial charge >= 0.3 is 0 Å². The molecule has 0 spiro atoms. The fraction of sp³-hybridized carbons (Fsp3) is 0.273. The lowest BCUT2D eigenvalue weighted by molar-refractivity contribution is 1.18. The maximum atomic E-state index is 4.52. The first-order valence-corrected chi connectivity index (χ1v) is 5.36. The molecule has 0 amide bonds. The van der Waals surface area contributed by atoms with E-state index in [1.54, 1.807) is 11.3 Å². The largest absolute Gasteiger partial charge is 0.261 e. The summed E-state index contributed by atoms with van der Waals surface area (Å²) in [6.07, 6.45) is 1.81. The summed E-state index contributed by atoms with van der Waals surface area (Å²) in [6, 6.07) is 4.02. The van der Waals surface area contributed by atoms with Crippen molar-refractivity contribution in [2.45, 2.75) is 20.8 Å². The first kappa shape index (κ1) is 9.34. The Morgan fingerprint density at radius 3 is 2.50 bits per heavy atom. The first-order valence-electron chi connectivity index (χ1n) is 4.54. The van der Waals surface area contributed by atoms with Gasteiger partial charge in [-0.2, -0.15) is 0 Å². The van der Waals surface area contributed by atoms with Crippen LogP contribution in [0.3, 0.4) is 0 Å². The number of hydrogen-bond donors (Lipinski definition) is 0. The molecule has 0 fully saturated rings. The molecule has 2 rings (SSSR count). The molecule has 2 heterocycles. The normalized spacial score (nSPS) is 10.5. The molecule has 3 heteroatoms. The van der Waals surface area contributed by atoms with Crippen molar-refractivity contribution in [3.05, 3.63) is 34.6 Å². The van der Waals surface area contributed by atoms with Gasteiger partial charge in [-0.1, -0.05) is 0 Å². The quantitative estimate of drug-likeness (QED) is 0.713. The van der Waals surface area contributed by atoms with Crippen LogP contribution in [0.5, 0.6) is 0 Å². The van der Waals surface area contributed by atoms with E-state index in [0.29, 0.717) is 0 Å². The third-order valence-electron chi connectivity index (χ3n) is 2.27. The Labute approximate surface area is 87.7 Å². The third kappa shape index (κ3) is 1.55. The van der Waals surface area contributed by atoms with E-state index in [-0.39, 0.29) is 0 Å². The van der Waals surface area contributed by atoms with Crippen LogP contribution in [0.2, 0.25) is 0 Å². The van der Waals surface area contributed by atoms with E-state index in [0.717, 1.165) is 22.0 Å². The Balaban J connectivity index is 2.55. The van der Waals surface area contributed by atoms with Crippen LogP contribution in [0.15, 0.2) is 18.3 Å². The zero-order chi connectivity index (χ0) is 10.1. The second kappa shape index (κ2) is 3.50. The van der Waals surface area contributed by atoms with Crippen molar-refractivity contribution in [1.29, 1.82) is 0 Å². The standard InChI is InChI=1S/C11H12N2S/c1-7-9(3)14-11(13-7)10-5-4-6-12-8(10)2/h4-6H,1-3H3. The molecule has 2 aromatic heterocycles. The number of hydrogen-bond acceptors (Lipinski definition) is 3. The highest BCUT2D eigenvalue weighted by atomic mass is 32.1. The average molecular weight is 204 g/mol. The molecular weight excluding hydrogens is 192 g/mol. The van der Waals surface area contributed by atoms with E-state index in [9.17, 15) is 0 Å². The van der Waals surface area contributed by atoms with Crippen LogP contribution in [0.25, 0.3) is 10.6 Å². The maximum absolute atomic E-state index is 4.52. The van der Waals surface area contributed by atoms with E-state index in [2.05, 4.69) is 23.0 Å². The minimum absolute atomic E-state index is 1.04. The number of rotatable bonds is 1. The van der Waals surface area contributed by atoms with E-state index < -0.39 is 0 Å². The van der Waals surface area contributed by atoms with E-state index in [1.807, 2.05) is 26.1 Å². The van der Waals surface area contributed by atoms with Gasteiger partial charge < -0.3 is 0 Å². The van der Waals surface area contributed by atoms with E-state index in [1.165, 1.54) is 4.88 Å². The summed E-state index contributed by atoms with van der Waals surface area (Å²) in [5.74, 6) is 0. The summed E-state index contributed by atoms with van der Waals surface area (Å²) >= 11 is 1.73. The molecule has 0 aromatic carbocycles. The highest BCUT2D eigenvalue weighted by Gasteiger charge is 2.08. The maximum Gasteiger partial charge on any atom is 0.125 e. The molecule has 0 aliphatic rings. The predicted molar refractivity (Wildman–Crippen MR) is 59.6 cm³/mol. The van der Waals surface area contributed by atoms with Gasteiger partial charge in [0.15, 0.2) is 0 Å². The first-order chi connectivity index (χ1) is 6.68. The fourth-order valence-electron chi connectivity index (χ4n) is 1.30. The average Bonchev–Trinajstić information content (AvgIpc) is 2.48. The molecule has 0 aliphatic carbocycles. The molecular formula is C11H12N2S. The van der Waals surface area contributed by atoms with Crippen molar-refractivity contribution in [3.8, 4) is 10.6 Å². The van der Waals surface area contributed by atoms with Crippen LogP contribution in [0.4, 0.5) is 0 Å². The molecule has 0 N–H and O–H groups in total. The summed E-state index contributed by atoms with van der Waals surface area (Å²) in [4.78, 5) is 10.1. The molecule has 14 heavy (non-hydrogen) atoms. The number of aryl methyl sites for hydroxylation is 3. The van der Waals surface area contributed by atoms with Crippen molar-refractivity contribution in [2.24, 2.45) is 0 Å². The Morgan fingerprint density at radius 2 is 1.93 bits per heavy atom. The van der Waals surface area contributed by atoms with Crippen LogP contribution in [0, 0.1) is 20.8 Å². The van der Waals surface area contributed by atoms with Crippen molar-refractivity contribution < 1.29 is 0 Å². The lowest BCUT2D eigenvalue weighted by atomic mass is 10.2. The second-order valence-electron chi connectivity index (χ2n) is 3.30. The summed E-state index contributed by atoms with van der Waals surface area (Å²) in [6.45, 7) is 6.16. The summed E-state index contributed by atoms with van der Waals surface area (Å²) in [5.41, 5.74) is 3.31. The Bertz CT molecular complexity index is 441. The van der Waals surface area contributed by atoms with Gasteiger partial charge in [0.2, 0.25) is 0 Å². The van der Waals surface area contributed by atoms with Gasteiger partial charge in [-0.15, -0.1) is 11.3 Å². The lowest BCUT2D eigenvalue weighted by Crippen LogP contribution is -1.85. The minimum atomic E-state index is 1.04. The van der Waals surface area contributed by atoms with Crippen LogP contribution in [0.1, 0.15) is 16.3 Å². The van der Waals surface area contributed by atoms with Crippen LogP contribution in [-0.4, -0.2) is 9.97 Å². The fourth-order valence-corrected chi connectivity index (χ4v) is 2.29. The molecule has 72 valence electrons. The number of aromatic nitrogens is 2. The molecule has 2 nitrogen and oxygen atoms in total. The molecule has 0 aliphatic heterocycles. The monoisotopic (exact) mass is 204 g/mol. The van der Waals surface area contributed by atoms with Crippen molar-refractivity contribution in [1.82, 2.24) is 9.97 Å². The molecule has 2 aromatic rings. The lowest BCUT2D eigenvalue weighted by Gasteiger charge is -1.98. The van der Waals surface area contributed by atoms with Crippen molar-refractivity contribution in [3.63, 3.8) is 0 Å². The third-order valence-corrected chi connectivity index (χ3v) is 3.37. The summed E-state index contributed by atoms with van der Waals surface area (Å²) in [7, 11) is 0. The van der Waals surface area contributed by atoms with Gasteiger partial charge in [-0.3, -0.25) is 4.98 Å². The van der Waals surface area contributed by atoms with Crippen LogP contribution < -0.4 is 0 Å². The van der Waals surface area contributed by atoms with Crippen LogP contribution >= 0.6 is 11.3 Å². The van der Waals surface area contributed by atoms with Gasteiger partial charge in [-0.25, -0.2) is 4.98 Å². The Hall–Kier alpha value is -1.22. The minimum Gasteiger partial charge on any atom is -0.261 e. The predicted octanol–water partition coefficient (Wildman–Crippen LogP) is 3.13. The van der Waals surface area contributed by atoms with Gasteiger partial charge in [0.1, 0.15) is 5.01 Å². The highest BCUT2D eigenvalue weighted by Crippen LogP contribution is 2.28. The molecule has 0 saturated heterocycles. The Kier molecular flexibility index (Phi) is 2.33. The summed E-state index contributed by atoms with van der Waals surface area (Å²) < 4.78 is 0. The highest BCUT2D eigenvalue weighted by molar-refractivity contribution is 7.15. The van der Waals surface area contributed by atoms with Gasteiger partial charge in [0.25, 0.3) is 0 Å². The number of thiazole rings is 1. The molecule has 0 atom stereocenters. The van der Waals surface area contributed by atoms with Crippen molar-refractivity contribution >= 4 is 11.3 Å². The smallest absolute Gasteiger partial charge is 0.125 e. The SMILES string of the molecule is Cc1ncccc1-c1nc(C)c(C)s1. The summed E-state index contributed by atoms with van der Waals surface area (Å²) in [5, 5.41) is 1.07. The van der Waals surface area contributed by atoms with E-state index in [4.69, 9.17) is 0 Å². The molecule has 0 saturated carbocycles. The Morgan fingerprint density at radius 1 is 1.14 bits per heavy atom. The van der Waals surface area contributed by atoms with Gasteiger partial charge in [0, 0.05) is 22.3 Å². The molecule has 0 radical (unpaired) electrons. The van der Waals surface area contributed by atoms with Gasteiger partial charge in [0.05, 0.1) is 5.69 Å². The van der Waals surface area contributed by atoms with E-state index >= 15 is 0 Å². The molecule has 0 unspecified atom stereocenters. The molecule has 0 bridgehead atoms. The topological polar surface area (TPSA) is 25.8 Å². The zero-order valence-corrected chi connectivity index (χ0v) is 9.35. The number of nitrogens with zero attached hydrogens (tertiary/aromatic N) is 2.